The minimum absolute atomic E-state index is 0.166. The highest BCUT2D eigenvalue weighted by atomic mass is 16.5. The van der Waals surface area contributed by atoms with Gasteiger partial charge in [-0.2, -0.15) is 0 Å². The van der Waals surface area contributed by atoms with E-state index < -0.39 is 11.8 Å². The second-order valence-corrected chi connectivity index (χ2v) is 3.63. The lowest BCUT2D eigenvalue weighted by Crippen LogP contribution is -2.17. The number of hydrogen-bond acceptors (Lipinski definition) is 4. The van der Waals surface area contributed by atoms with Gasteiger partial charge in [-0.05, 0) is 36.7 Å². The fourth-order valence-corrected chi connectivity index (χ4v) is 1.33. The molecule has 6 heteroatoms. The van der Waals surface area contributed by atoms with Gasteiger partial charge in [0.2, 0.25) is 0 Å². The van der Waals surface area contributed by atoms with Crippen LogP contribution in [0.4, 0.5) is 0 Å². The van der Waals surface area contributed by atoms with Gasteiger partial charge in [-0.1, -0.05) is 17.0 Å². The van der Waals surface area contributed by atoms with Crippen LogP contribution in [0, 0.1) is 11.8 Å². The number of azide groups is 1. The van der Waals surface area contributed by atoms with Crippen LogP contribution in [0.15, 0.2) is 29.4 Å². The molecule has 0 bridgehead atoms. The molecule has 20 heavy (non-hydrogen) atoms. The highest BCUT2D eigenvalue weighted by Crippen LogP contribution is 2.05. The Balaban J connectivity index is 2.66. The van der Waals surface area contributed by atoms with E-state index in [9.17, 15) is 9.59 Å². The van der Waals surface area contributed by atoms with Crippen LogP contribution in [-0.2, 0) is 9.53 Å². The summed E-state index contributed by atoms with van der Waals surface area (Å²) in [6.07, 6.45) is 0.466. The highest BCUT2D eigenvalue weighted by molar-refractivity contribution is 6.40. The zero-order valence-corrected chi connectivity index (χ0v) is 11.0. The molecule has 0 N–H and O–H groups in total. The molecule has 0 radical (unpaired) electrons. The molecule has 1 aromatic rings. The van der Waals surface area contributed by atoms with Crippen LogP contribution < -0.4 is 0 Å². The Bertz CT molecular complexity index is 590. The van der Waals surface area contributed by atoms with Crippen molar-refractivity contribution in [3.8, 4) is 11.8 Å². The molecule has 102 valence electrons. The maximum atomic E-state index is 11.6. The normalized spacial score (nSPS) is 8.85. The molecule has 0 unspecified atom stereocenters. The van der Waals surface area contributed by atoms with E-state index in [1.807, 2.05) is 0 Å². The van der Waals surface area contributed by atoms with Crippen molar-refractivity contribution >= 4 is 11.8 Å². The van der Waals surface area contributed by atoms with E-state index in [-0.39, 0.29) is 12.2 Å². The van der Waals surface area contributed by atoms with Crippen LogP contribution in [-0.4, -0.2) is 24.9 Å². The van der Waals surface area contributed by atoms with Gasteiger partial charge in [0.05, 0.1) is 6.61 Å². The largest absolute Gasteiger partial charge is 0.460 e. The molecule has 0 amide bonds. The zero-order valence-electron chi connectivity index (χ0n) is 11.0. The quantitative estimate of drug-likeness (QED) is 0.120. The molecule has 0 aliphatic heterocycles. The molecule has 0 saturated heterocycles. The van der Waals surface area contributed by atoms with Crippen molar-refractivity contribution in [2.24, 2.45) is 5.11 Å². The van der Waals surface area contributed by atoms with E-state index in [0.29, 0.717) is 18.5 Å². The molecule has 1 aromatic carbocycles. The number of carbonyl (C=O) groups excluding carboxylic acids is 2. The van der Waals surface area contributed by atoms with Crippen LogP contribution in [0.1, 0.15) is 29.3 Å². The summed E-state index contributed by atoms with van der Waals surface area (Å²) in [5.74, 6) is 4.17. The summed E-state index contributed by atoms with van der Waals surface area (Å²) in [4.78, 5) is 25.5. The number of nitrogens with zero attached hydrogens (tertiary/aromatic N) is 3. The van der Waals surface area contributed by atoms with Crippen LogP contribution >= 0.6 is 0 Å². The maximum Gasteiger partial charge on any atom is 0.379 e. The number of ketones is 1. The van der Waals surface area contributed by atoms with Crippen LogP contribution in [0.3, 0.4) is 0 Å². The van der Waals surface area contributed by atoms with Gasteiger partial charge in [-0.25, -0.2) is 4.79 Å². The van der Waals surface area contributed by atoms with Gasteiger partial charge < -0.3 is 4.74 Å². The lowest BCUT2D eigenvalue weighted by Gasteiger charge is -2.00. The van der Waals surface area contributed by atoms with E-state index in [1.54, 1.807) is 19.1 Å². The number of carbonyl (C=O) groups is 2. The Morgan fingerprint density at radius 1 is 1.35 bits per heavy atom. The molecular formula is C14H13N3O3. The van der Waals surface area contributed by atoms with Crippen molar-refractivity contribution in [3.05, 3.63) is 45.8 Å². The summed E-state index contributed by atoms with van der Waals surface area (Å²) in [6, 6.07) is 6.34. The Morgan fingerprint density at radius 3 is 2.65 bits per heavy atom. The Hall–Kier alpha value is -2.77. The van der Waals surface area contributed by atoms with E-state index >= 15 is 0 Å². The molecular weight excluding hydrogens is 258 g/mol. The van der Waals surface area contributed by atoms with Gasteiger partial charge >= 0.3 is 5.97 Å². The molecule has 6 nitrogen and oxygen atoms in total. The Morgan fingerprint density at radius 2 is 2.05 bits per heavy atom. The first-order valence-electron chi connectivity index (χ1n) is 6.00. The maximum absolute atomic E-state index is 11.6. The average molecular weight is 271 g/mol. The molecule has 0 atom stereocenters. The molecule has 0 fully saturated rings. The average Bonchev–Trinajstić information content (AvgIpc) is 2.47. The molecule has 0 heterocycles. The first kappa shape index (κ1) is 15.3. The highest BCUT2D eigenvalue weighted by Gasteiger charge is 2.16. The van der Waals surface area contributed by atoms with Crippen LogP contribution in [0.5, 0.6) is 0 Å². The minimum Gasteiger partial charge on any atom is -0.460 e. The molecule has 1 rings (SSSR count). The van der Waals surface area contributed by atoms with Gasteiger partial charge in [0, 0.05) is 29.0 Å². The summed E-state index contributed by atoms with van der Waals surface area (Å²) in [7, 11) is 0. The summed E-state index contributed by atoms with van der Waals surface area (Å²) in [5.41, 5.74) is 9.07. The standard InChI is InChI=1S/C14H13N3O3/c1-2-20-14(19)13(18)12-8-6-11(7-9-12)5-3-4-10-16-17-15/h6-9H,2,4,10H2,1H3. The fourth-order valence-electron chi connectivity index (χ4n) is 1.33. The van der Waals surface area contributed by atoms with Gasteiger partial charge in [0.15, 0.2) is 0 Å². The first-order chi connectivity index (χ1) is 9.69. The fraction of sp³-hybridized carbons (Fsp3) is 0.286. The van der Waals surface area contributed by atoms with Crippen molar-refractivity contribution in [1.82, 2.24) is 0 Å². The lowest BCUT2D eigenvalue weighted by atomic mass is 10.1. The smallest absolute Gasteiger partial charge is 0.379 e. The predicted molar refractivity (Wildman–Crippen MR) is 72.9 cm³/mol. The number of rotatable bonds is 5. The minimum atomic E-state index is -0.860. The molecule has 0 aliphatic carbocycles. The van der Waals surface area contributed by atoms with E-state index in [2.05, 4.69) is 26.6 Å². The Labute approximate surface area is 116 Å². The summed E-state index contributed by atoms with van der Waals surface area (Å²) in [5, 5.41) is 3.36. The number of ether oxygens (including phenoxy) is 1. The van der Waals surface area contributed by atoms with Crippen LogP contribution in [0.25, 0.3) is 10.4 Å². The van der Waals surface area contributed by atoms with E-state index in [4.69, 9.17) is 5.53 Å². The molecule has 0 aromatic heterocycles. The van der Waals surface area contributed by atoms with Gasteiger partial charge in [-0.15, -0.1) is 0 Å². The number of benzene rings is 1. The molecule has 0 aliphatic rings. The van der Waals surface area contributed by atoms with Gasteiger partial charge in [0.25, 0.3) is 5.78 Å². The molecule has 0 saturated carbocycles. The summed E-state index contributed by atoms with van der Waals surface area (Å²) >= 11 is 0. The number of esters is 1. The lowest BCUT2D eigenvalue weighted by molar-refractivity contribution is -0.137. The topological polar surface area (TPSA) is 92.1 Å². The van der Waals surface area contributed by atoms with E-state index in [1.165, 1.54) is 12.1 Å². The Kier molecular flexibility index (Phi) is 6.38. The zero-order chi connectivity index (χ0) is 14.8. The van der Waals surface area contributed by atoms with Crippen molar-refractivity contribution in [2.75, 3.05) is 13.2 Å². The van der Waals surface area contributed by atoms with Crippen molar-refractivity contribution in [2.45, 2.75) is 13.3 Å². The van der Waals surface area contributed by atoms with Crippen molar-refractivity contribution < 1.29 is 14.3 Å². The monoisotopic (exact) mass is 271 g/mol. The third kappa shape index (κ3) is 4.84. The third-order valence-electron chi connectivity index (χ3n) is 2.24. The van der Waals surface area contributed by atoms with Crippen molar-refractivity contribution in [1.29, 1.82) is 0 Å². The second kappa shape index (κ2) is 8.35. The SMILES string of the molecule is CCOC(=O)C(=O)c1ccc(C#CCCN=[N+]=[N-])cc1. The first-order valence-corrected chi connectivity index (χ1v) is 6.00. The molecule has 0 spiro atoms. The summed E-state index contributed by atoms with van der Waals surface area (Å²) in [6.45, 7) is 2.13. The summed E-state index contributed by atoms with van der Waals surface area (Å²) < 4.78 is 4.63. The van der Waals surface area contributed by atoms with E-state index in [0.717, 1.165) is 0 Å². The van der Waals surface area contributed by atoms with Crippen molar-refractivity contribution in [3.63, 3.8) is 0 Å². The van der Waals surface area contributed by atoms with Gasteiger partial charge in [-0.3, -0.25) is 4.79 Å². The third-order valence-corrected chi connectivity index (χ3v) is 2.24. The number of hydrogen-bond donors (Lipinski definition) is 0. The van der Waals surface area contributed by atoms with Crippen LogP contribution in [0.2, 0.25) is 0 Å². The van der Waals surface area contributed by atoms with Gasteiger partial charge in [0.1, 0.15) is 0 Å². The number of Topliss-reactive ketones (excluding diaryl/α,β-unsaturated/α-hetero) is 1. The predicted octanol–water partition coefficient (Wildman–Crippen LogP) is 2.48. The second-order valence-electron chi connectivity index (χ2n) is 3.63.